The fourth-order valence-electron chi connectivity index (χ4n) is 1.75. The number of halogens is 1. The summed E-state index contributed by atoms with van der Waals surface area (Å²) >= 11 is 3.43. The molecule has 98 valence electrons. The van der Waals surface area contributed by atoms with Crippen LogP contribution in [0.4, 0.5) is 0 Å². The van der Waals surface area contributed by atoms with Gasteiger partial charge in [0.1, 0.15) is 12.4 Å². The topological polar surface area (TPSA) is 26.3 Å². The Kier molecular flexibility index (Phi) is 4.74. The first kappa shape index (κ1) is 13.8. The zero-order valence-electron chi connectivity index (χ0n) is 10.7. The predicted molar refractivity (Wildman–Crippen MR) is 79.5 cm³/mol. The van der Waals surface area contributed by atoms with Crippen LogP contribution in [0.5, 0.6) is 5.75 Å². The molecule has 0 aliphatic heterocycles. The molecule has 19 heavy (non-hydrogen) atoms. The third-order valence-electron chi connectivity index (χ3n) is 2.77. The maximum atomic E-state index is 11.8. The van der Waals surface area contributed by atoms with Crippen molar-refractivity contribution in [1.82, 2.24) is 0 Å². The van der Waals surface area contributed by atoms with Crippen molar-refractivity contribution in [1.29, 1.82) is 0 Å². The van der Waals surface area contributed by atoms with E-state index in [4.69, 9.17) is 4.74 Å². The van der Waals surface area contributed by atoms with Gasteiger partial charge >= 0.3 is 0 Å². The van der Waals surface area contributed by atoms with Crippen LogP contribution in [0.3, 0.4) is 0 Å². The number of carbonyl (C=O) groups excluding carboxylic acids is 1. The second kappa shape index (κ2) is 6.53. The number of aryl methyl sites for hydroxylation is 1. The zero-order chi connectivity index (χ0) is 13.7. The van der Waals surface area contributed by atoms with Crippen molar-refractivity contribution in [2.45, 2.75) is 13.3 Å². The molecule has 0 aromatic heterocycles. The Morgan fingerprint density at radius 2 is 1.89 bits per heavy atom. The molecule has 0 spiro atoms. The summed E-state index contributed by atoms with van der Waals surface area (Å²) in [4.78, 5) is 11.8. The van der Waals surface area contributed by atoms with Crippen LogP contribution < -0.4 is 4.74 Å². The minimum atomic E-state index is 0.0757. The average molecular weight is 319 g/mol. The molecule has 0 saturated carbocycles. The Hall–Kier alpha value is -1.61. The van der Waals surface area contributed by atoms with Crippen LogP contribution in [0.25, 0.3) is 0 Å². The molecule has 2 aromatic carbocycles. The summed E-state index contributed by atoms with van der Waals surface area (Å²) in [5.74, 6) is 0.800. The van der Waals surface area contributed by atoms with Crippen LogP contribution in [-0.4, -0.2) is 12.4 Å². The summed E-state index contributed by atoms with van der Waals surface area (Å²) in [6, 6.07) is 15.4. The van der Waals surface area contributed by atoms with Crippen molar-refractivity contribution in [3.05, 3.63) is 64.1 Å². The summed E-state index contributed by atoms with van der Waals surface area (Å²) in [6.07, 6.45) is 0.413. The van der Waals surface area contributed by atoms with Gasteiger partial charge in [0.05, 0.1) is 0 Å². The van der Waals surface area contributed by atoms with Crippen LogP contribution in [0.15, 0.2) is 53.0 Å². The fraction of sp³-hybridized carbons (Fsp3) is 0.188. The van der Waals surface area contributed by atoms with E-state index in [1.54, 1.807) is 0 Å². The first-order valence-corrected chi connectivity index (χ1v) is 6.89. The molecule has 0 fully saturated rings. The molecule has 0 atom stereocenters. The number of rotatable bonds is 5. The standard InChI is InChI=1S/C16H15BrO2/c1-12-9-15(7-8-16(12)17)19-11-14(18)10-13-5-3-2-4-6-13/h2-9H,10-11H2,1H3. The molecule has 0 bridgehead atoms. The third kappa shape index (κ3) is 4.21. The quantitative estimate of drug-likeness (QED) is 0.834. The van der Waals surface area contributed by atoms with E-state index in [0.717, 1.165) is 21.3 Å². The van der Waals surface area contributed by atoms with Crippen molar-refractivity contribution in [3.8, 4) is 5.75 Å². The van der Waals surface area contributed by atoms with Crippen molar-refractivity contribution in [2.24, 2.45) is 0 Å². The Morgan fingerprint density at radius 3 is 2.58 bits per heavy atom. The van der Waals surface area contributed by atoms with E-state index in [-0.39, 0.29) is 12.4 Å². The second-order valence-corrected chi connectivity index (χ2v) is 5.26. The number of carbonyl (C=O) groups is 1. The zero-order valence-corrected chi connectivity index (χ0v) is 12.3. The van der Waals surface area contributed by atoms with Gasteiger partial charge < -0.3 is 4.74 Å². The summed E-state index contributed by atoms with van der Waals surface area (Å²) in [5, 5.41) is 0. The largest absolute Gasteiger partial charge is 0.486 e. The lowest BCUT2D eigenvalue weighted by molar-refractivity contribution is -0.120. The van der Waals surface area contributed by atoms with E-state index in [9.17, 15) is 4.79 Å². The Bertz CT molecular complexity index is 564. The number of benzene rings is 2. The summed E-state index contributed by atoms with van der Waals surface area (Å²) in [5.41, 5.74) is 2.11. The molecule has 0 unspecified atom stereocenters. The number of hydrogen-bond acceptors (Lipinski definition) is 2. The molecule has 0 aliphatic carbocycles. The molecular weight excluding hydrogens is 304 g/mol. The molecule has 2 rings (SSSR count). The third-order valence-corrected chi connectivity index (χ3v) is 3.66. The van der Waals surface area contributed by atoms with Gasteiger partial charge in [0.25, 0.3) is 0 Å². The van der Waals surface area contributed by atoms with Gasteiger partial charge in [0.2, 0.25) is 0 Å². The Labute approximate surface area is 121 Å². The normalized spacial score (nSPS) is 10.2. The minimum Gasteiger partial charge on any atom is -0.486 e. The van der Waals surface area contributed by atoms with Gasteiger partial charge in [-0.25, -0.2) is 0 Å². The van der Waals surface area contributed by atoms with E-state index in [0.29, 0.717) is 6.42 Å². The molecule has 3 heteroatoms. The van der Waals surface area contributed by atoms with Crippen LogP contribution in [0.2, 0.25) is 0 Å². The highest BCUT2D eigenvalue weighted by atomic mass is 79.9. The SMILES string of the molecule is Cc1cc(OCC(=O)Cc2ccccc2)ccc1Br. The predicted octanol–water partition coefficient (Wildman–Crippen LogP) is 3.95. The van der Waals surface area contributed by atoms with E-state index < -0.39 is 0 Å². The second-order valence-electron chi connectivity index (χ2n) is 4.40. The fourth-order valence-corrected chi connectivity index (χ4v) is 1.99. The Balaban J connectivity index is 1.88. The van der Waals surface area contributed by atoms with Crippen LogP contribution in [0, 0.1) is 6.92 Å². The highest BCUT2D eigenvalue weighted by Crippen LogP contribution is 2.21. The average Bonchev–Trinajstić information content (AvgIpc) is 2.41. The highest BCUT2D eigenvalue weighted by molar-refractivity contribution is 9.10. The van der Waals surface area contributed by atoms with Crippen molar-refractivity contribution >= 4 is 21.7 Å². The molecule has 0 N–H and O–H groups in total. The maximum absolute atomic E-state index is 11.8. The smallest absolute Gasteiger partial charge is 0.174 e. The van der Waals surface area contributed by atoms with Crippen molar-refractivity contribution in [3.63, 3.8) is 0 Å². The van der Waals surface area contributed by atoms with E-state index in [1.807, 2.05) is 55.5 Å². The van der Waals surface area contributed by atoms with E-state index in [1.165, 1.54) is 0 Å². The summed E-state index contributed by atoms with van der Waals surface area (Å²) in [7, 11) is 0. The molecule has 2 aromatic rings. The number of ether oxygens (including phenoxy) is 1. The molecule has 0 aliphatic rings. The maximum Gasteiger partial charge on any atom is 0.174 e. The molecule has 0 saturated heterocycles. The first-order valence-electron chi connectivity index (χ1n) is 6.10. The van der Waals surface area contributed by atoms with Gasteiger partial charge in [0, 0.05) is 10.9 Å². The summed E-state index contributed by atoms with van der Waals surface area (Å²) < 4.78 is 6.54. The van der Waals surface area contributed by atoms with Gasteiger partial charge in [-0.3, -0.25) is 4.79 Å². The minimum absolute atomic E-state index is 0.0757. The Morgan fingerprint density at radius 1 is 1.16 bits per heavy atom. The molecule has 0 heterocycles. The van der Waals surface area contributed by atoms with Gasteiger partial charge in [0.15, 0.2) is 5.78 Å². The summed E-state index contributed by atoms with van der Waals surface area (Å²) in [6.45, 7) is 2.10. The first-order chi connectivity index (χ1) is 9.15. The molecule has 0 radical (unpaired) electrons. The molecule has 2 nitrogen and oxygen atoms in total. The lowest BCUT2D eigenvalue weighted by atomic mass is 10.1. The van der Waals surface area contributed by atoms with Crippen molar-refractivity contribution in [2.75, 3.05) is 6.61 Å². The van der Waals surface area contributed by atoms with Gasteiger partial charge in [-0.1, -0.05) is 46.3 Å². The number of ketones is 1. The lowest BCUT2D eigenvalue weighted by Crippen LogP contribution is -2.13. The van der Waals surface area contributed by atoms with Crippen LogP contribution >= 0.6 is 15.9 Å². The van der Waals surface area contributed by atoms with Gasteiger partial charge in [-0.2, -0.15) is 0 Å². The lowest BCUT2D eigenvalue weighted by Gasteiger charge is -2.07. The van der Waals surface area contributed by atoms with E-state index >= 15 is 0 Å². The van der Waals surface area contributed by atoms with Crippen molar-refractivity contribution < 1.29 is 9.53 Å². The van der Waals surface area contributed by atoms with Crippen LogP contribution in [-0.2, 0) is 11.2 Å². The van der Waals surface area contributed by atoms with E-state index in [2.05, 4.69) is 15.9 Å². The van der Waals surface area contributed by atoms with Crippen LogP contribution in [0.1, 0.15) is 11.1 Å². The van der Waals surface area contributed by atoms with Gasteiger partial charge in [-0.15, -0.1) is 0 Å². The molecular formula is C16H15BrO2. The monoisotopic (exact) mass is 318 g/mol. The highest BCUT2D eigenvalue weighted by Gasteiger charge is 2.05. The molecule has 0 amide bonds. The number of Topliss-reactive ketones (excluding diaryl/α,β-unsaturated/α-hetero) is 1. The van der Waals surface area contributed by atoms with Gasteiger partial charge in [-0.05, 0) is 36.2 Å². The number of hydrogen-bond donors (Lipinski definition) is 0.